The molecule has 0 aliphatic rings. The summed E-state index contributed by atoms with van der Waals surface area (Å²) < 4.78 is 2.04. The Hall–Kier alpha value is -3.37. The van der Waals surface area contributed by atoms with E-state index < -0.39 is 0 Å². The first-order chi connectivity index (χ1) is 15.0. The molecule has 0 aliphatic heterocycles. The molecule has 5 heteroatoms. The lowest BCUT2D eigenvalue weighted by molar-refractivity contribution is 0.319. The van der Waals surface area contributed by atoms with Gasteiger partial charge in [0.15, 0.2) is 0 Å². The summed E-state index contributed by atoms with van der Waals surface area (Å²) in [6.45, 7) is 6.09. The predicted molar refractivity (Wildman–Crippen MR) is 128 cm³/mol. The third-order valence-corrected chi connectivity index (χ3v) is 5.69. The minimum atomic E-state index is 0.288. The van der Waals surface area contributed by atoms with E-state index in [2.05, 4.69) is 49.3 Å². The summed E-state index contributed by atoms with van der Waals surface area (Å²) >= 11 is 6.52. The Bertz CT molecular complexity index is 1240. The van der Waals surface area contributed by atoms with E-state index in [0.29, 0.717) is 22.3 Å². The number of nitrogens with zero attached hydrogens (tertiary/aromatic N) is 3. The first kappa shape index (κ1) is 20.9. The third-order valence-electron chi connectivity index (χ3n) is 5.36. The molecule has 0 aliphatic carbocycles. The third kappa shape index (κ3) is 4.12. The maximum absolute atomic E-state index is 9.30. The van der Waals surface area contributed by atoms with Crippen LogP contribution in [0, 0.1) is 0 Å². The zero-order valence-electron chi connectivity index (χ0n) is 17.7. The Morgan fingerprint density at radius 1 is 0.968 bits per heavy atom. The SMILES string of the molecule is C/C(=N\O)c1cn(-c2ccc(-c3ccccc3)cc2C(C)C)c(-c2ccccc2Cl)n1. The molecule has 0 saturated carbocycles. The fourth-order valence-corrected chi connectivity index (χ4v) is 3.89. The Morgan fingerprint density at radius 3 is 2.35 bits per heavy atom. The molecule has 1 N–H and O–H groups in total. The van der Waals surface area contributed by atoms with E-state index >= 15 is 0 Å². The van der Waals surface area contributed by atoms with Crippen LogP contribution in [0.5, 0.6) is 0 Å². The molecule has 0 amide bonds. The maximum atomic E-state index is 9.30. The summed E-state index contributed by atoms with van der Waals surface area (Å²) in [5.74, 6) is 0.995. The quantitative estimate of drug-likeness (QED) is 0.207. The number of aromatic nitrogens is 2. The molecule has 0 atom stereocenters. The van der Waals surface area contributed by atoms with Gasteiger partial charge >= 0.3 is 0 Å². The molecule has 4 nitrogen and oxygen atoms in total. The standard InChI is InChI=1S/C26H24ClN3O/c1-17(2)22-15-20(19-9-5-4-6-10-19)13-14-25(22)30-16-24(18(3)29-31)28-26(30)21-11-7-8-12-23(21)27/h4-17,31H,1-3H3/b29-18+. The summed E-state index contributed by atoms with van der Waals surface area (Å²) in [6, 6.07) is 24.5. The molecule has 0 spiro atoms. The van der Waals surface area contributed by atoms with Gasteiger partial charge in [-0.25, -0.2) is 4.98 Å². The van der Waals surface area contributed by atoms with Gasteiger partial charge in [-0.1, -0.05) is 79.1 Å². The van der Waals surface area contributed by atoms with Crippen LogP contribution in [0.3, 0.4) is 0 Å². The lowest BCUT2D eigenvalue weighted by Crippen LogP contribution is -2.03. The van der Waals surface area contributed by atoms with E-state index in [1.165, 1.54) is 16.7 Å². The molecule has 1 aromatic heterocycles. The molecule has 0 unspecified atom stereocenters. The molecule has 0 bridgehead atoms. The number of rotatable bonds is 5. The van der Waals surface area contributed by atoms with Crippen molar-refractivity contribution in [2.45, 2.75) is 26.7 Å². The van der Waals surface area contributed by atoms with Crippen LogP contribution in [-0.2, 0) is 0 Å². The monoisotopic (exact) mass is 429 g/mol. The van der Waals surface area contributed by atoms with Gasteiger partial charge in [-0.2, -0.15) is 0 Å². The van der Waals surface area contributed by atoms with E-state index in [1.54, 1.807) is 6.92 Å². The average molecular weight is 430 g/mol. The molecular formula is C26H24ClN3O. The molecule has 31 heavy (non-hydrogen) atoms. The van der Waals surface area contributed by atoms with Gasteiger partial charge in [0.2, 0.25) is 0 Å². The van der Waals surface area contributed by atoms with E-state index in [1.807, 2.05) is 53.2 Å². The average Bonchev–Trinajstić information content (AvgIpc) is 3.24. The van der Waals surface area contributed by atoms with Gasteiger partial charge in [-0.15, -0.1) is 0 Å². The number of benzene rings is 3. The Morgan fingerprint density at radius 2 is 1.68 bits per heavy atom. The van der Waals surface area contributed by atoms with Crippen LogP contribution in [0.4, 0.5) is 0 Å². The maximum Gasteiger partial charge on any atom is 0.146 e. The minimum absolute atomic E-state index is 0.288. The van der Waals surface area contributed by atoms with Gasteiger partial charge in [0.1, 0.15) is 17.2 Å². The predicted octanol–water partition coefficient (Wildman–Crippen LogP) is 7.18. The second-order valence-corrected chi connectivity index (χ2v) is 8.19. The highest BCUT2D eigenvalue weighted by atomic mass is 35.5. The summed E-state index contributed by atoms with van der Waals surface area (Å²) in [4.78, 5) is 4.76. The van der Waals surface area contributed by atoms with Gasteiger partial charge in [-0.05, 0) is 53.8 Å². The Labute approximate surface area is 187 Å². The molecule has 0 radical (unpaired) electrons. The van der Waals surface area contributed by atoms with E-state index in [9.17, 15) is 5.21 Å². The molecular weight excluding hydrogens is 406 g/mol. The molecule has 3 aromatic carbocycles. The number of halogens is 1. The topological polar surface area (TPSA) is 50.4 Å². The van der Waals surface area contributed by atoms with Gasteiger partial charge in [0.05, 0.1) is 10.7 Å². The van der Waals surface area contributed by atoms with Gasteiger partial charge < -0.3 is 5.21 Å². The van der Waals surface area contributed by atoms with Crippen LogP contribution in [-0.4, -0.2) is 20.5 Å². The highest BCUT2D eigenvalue weighted by molar-refractivity contribution is 6.33. The fourth-order valence-electron chi connectivity index (χ4n) is 3.67. The smallest absolute Gasteiger partial charge is 0.146 e. The zero-order valence-corrected chi connectivity index (χ0v) is 18.5. The highest BCUT2D eigenvalue weighted by Crippen LogP contribution is 2.34. The van der Waals surface area contributed by atoms with Gasteiger partial charge in [0, 0.05) is 11.8 Å². The van der Waals surface area contributed by atoms with Crippen LogP contribution >= 0.6 is 11.6 Å². The second-order valence-electron chi connectivity index (χ2n) is 7.78. The Kier molecular flexibility index (Phi) is 5.92. The number of hydrogen-bond acceptors (Lipinski definition) is 3. The van der Waals surface area contributed by atoms with Crippen molar-refractivity contribution in [3.05, 3.63) is 95.3 Å². The Balaban J connectivity index is 1.95. The molecule has 0 saturated heterocycles. The number of hydrogen-bond donors (Lipinski definition) is 1. The van der Waals surface area contributed by atoms with Crippen molar-refractivity contribution in [3.8, 4) is 28.2 Å². The van der Waals surface area contributed by atoms with Crippen molar-refractivity contribution >= 4 is 17.3 Å². The molecule has 4 aromatic rings. The van der Waals surface area contributed by atoms with E-state index in [-0.39, 0.29) is 5.92 Å². The normalized spacial score (nSPS) is 11.8. The van der Waals surface area contributed by atoms with E-state index in [4.69, 9.17) is 16.6 Å². The minimum Gasteiger partial charge on any atom is -0.411 e. The molecule has 0 fully saturated rings. The van der Waals surface area contributed by atoms with Crippen molar-refractivity contribution in [1.82, 2.24) is 9.55 Å². The second kappa shape index (κ2) is 8.78. The zero-order chi connectivity index (χ0) is 22.0. The van der Waals surface area contributed by atoms with E-state index in [0.717, 1.165) is 11.3 Å². The fraction of sp³-hybridized carbons (Fsp3) is 0.154. The summed E-state index contributed by atoms with van der Waals surface area (Å²) in [5.41, 5.74) is 6.42. The highest BCUT2D eigenvalue weighted by Gasteiger charge is 2.19. The van der Waals surface area contributed by atoms with Crippen molar-refractivity contribution in [2.75, 3.05) is 0 Å². The summed E-state index contributed by atoms with van der Waals surface area (Å²) in [7, 11) is 0. The largest absolute Gasteiger partial charge is 0.411 e. The summed E-state index contributed by atoms with van der Waals surface area (Å²) in [6.07, 6.45) is 1.90. The van der Waals surface area contributed by atoms with Crippen molar-refractivity contribution < 1.29 is 5.21 Å². The molecule has 1 heterocycles. The van der Waals surface area contributed by atoms with Crippen molar-refractivity contribution in [2.24, 2.45) is 5.16 Å². The van der Waals surface area contributed by atoms with Gasteiger partial charge in [0.25, 0.3) is 0 Å². The lowest BCUT2D eigenvalue weighted by atomic mass is 9.95. The lowest BCUT2D eigenvalue weighted by Gasteiger charge is -2.18. The molecule has 156 valence electrons. The van der Waals surface area contributed by atoms with Crippen LogP contribution in [0.1, 0.15) is 37.9 Å². The van der Waals surface area contributed by atoms with Crippen molar-refractivity contribution in [3.63, 3.8) is 0 Å². The first-order valence-electron chi connectivity index (χ1n) is 10.2. The summed E-state index contributed by atoms with van der Waals surface area (Å²) in [5, 5.41) is 13.3. The number of oxime groups is 1. The molecule has 4 rings (SSSR count). The number of imidazole rings is 1. The first-order valence-corrected chi connectivity index (χ1v) is 10.6. The van der Waals surface area contributed by atoms with Crippen LogP contribution in [0.2, 0.25) is 5.02 Å². The van der Waals surface area contributed by atoms with Crippen LogP contribution in [0.15, 0.2) is 84.1 Å². The van der Waals surface area contributed by atoms with Crippen molar-refractivity contribution in [1.29, 1.82) is 0 Å². The van der Waals surface area contributed by atoms with Gasteiger partial charge in [-0.3, -0.25) is 4.57 Å². The van der Waals surface area contributed by atoms with Crippen LogP contribution < -0.4 is 0 Å². The van der Waals surface area contributed by atoms with Crippen LogP contribution in [0.25, 0.3) is 28.2 Å².